The second-order valence-corrected chi connectivity index (χ2v) is 7.67. The number of benzene rings is 1. The summed E-state index contributed by atoms with van der Waals surface area (Å²) in [4.78, 5) is 27.5. The molecule has 2 aliphatic rings. The third kappa shape index (κ3) is 3.11. The summed E-state index contributed by atoms with van der Waals surface area (Å²) in [5.41, 5.74) is 2.42. The standard InChI is InChI=1S/C19H21N3O5S/c1-3-27-19(25)22-7-6-11-14(9-22)28-18-15(11)17(24)20-16(21-18)10-4-5-12(23)13(8-10)26-2/h4-5,8,16,21,23H,3,6-7,9H2,1-2H3,(H,20,24)/t16-/m1/s1. The van der Waals surface area contributed by atoms with E-state index in [2.05, 4.69) is 10.6 Å². The predicted octanol–water partition coefficient (Wildman–Crippen LogP) is 2.83. The van der Waals surface area contributed by atoms with Crippen molar-refractivity contribution in [1.82, 2.24) is 10.2 Å². The lowest BCUT2D eigenvalue weighted by atomic mass is 10.0. The summed E-state index contributed by atoms with van der Waals surface area (Å²) in [6.07, 6.45) is -0.144. The molecule has 0 unspecified atom stereocenters. The maximum Gasteiger partial charge on any atom is 0.410 e. The van der Waals surface area contributed by atoms with Gasteiger partial charge in [0, 0.05) is 11.4 Å². The van der Waals surface area contributed by atoms with Crippen LogP contribution in [0.15, 0.2) is 18.2 Å². The fourth-order valence-electron chi connectivity index (χ4n) is 3.53. The number of amides is 2. The molecular formula is C19H21N3O5S. The van der Waals surface area contributed by atoms with E-state index in [4.69, 9.17) is 9.47 Å². The fourth-order valence-corrected chi connectivity index (χ4v) is 4.82. The molecule has 1 aromatic carbocycles. The van der Waals surface area contributed by atoms with Gasteiger partial charge in [-0.3, -0.25) is 4.79 Å². The Kier molecular flexibility index (Phi) is 4.76. The zero-order chi connectivity index (χ0) is 19.8. The molecule has 1 aromatic heterocycles. The molecule has 148 valence electrons. The third-order valence-electron chi connectivity index (χ3n) is 4.90. The lowest BCUT2D eigenvalue weighted by Crippen LogP contribution is -2.39. The molecule has 0 fully saturated rings. The number of fused-ring (bicyclic) bond motifs is 3. The van der Waals surface area contributed by atoms with Crippen LogP contribution < -0.4 is 15.4 Å². The number of methoxy groups -OCH3 is 1. The second kappa shape index (κ2) is 7.23. The summed E-state index contributed by atoms with van der Waals surface area (Å²) in [5, 5.41) is 16.9. The van der Waals surface area contributed by atoms with Gasteiger partial charge in [-0.25, -0.2) is 4.79 Å². The number of thiophene rings is 1. The molecule has 2 amide bonds. The monoisotopic (exact) mass is 403 g/mol. The van der Waals surface area contributed by atoms with Crippen molar-refractivity contribution in [3.63, 3.8) is 0 Å². The van der Waals surface area contributed by atoms with Gasteiger partial charge in [-0.15, -0.1) is 11.3 Å². The number of hydrogen-bond acceptors (Lipinski definition) is 7. The number of nitrogens with one attached hydrogen (secondary N) is 2. The van der Waals surface area contributed by atoms with E-state index in [0.29, 0.717) is 37.4 Å². The Morgan fingerprint density at radius 1 is 1.39 bits per heavy atom. The van der Waals surface area contributed by atoms with Gasteiger partial charge in [-0.05, 0) is 36.6 Å². The Hall–Kier alpha value is -2.94. The molecule has 0 spiro atoms. The van der Waals surface area contributed by atoms with Gasteiger partial charge in [0.15, 0.2) is 11.5 Å². The van der Waals surface area contributed by atoms with Gasteiger partial charge in [0.25, 0.3) is 5.91 Å². The van der Waals surface area contributed by atoms with Crippen molar-refractivity contribution in [2.75, 3.05) is 25.6 Å². The summed E-state index contributed by atoms with van der Waals surface area (Å²) >= 11 is 1.49. The lowest BCUT2D eigenvalue weighted by Gasteiger charge is -2.28. The molecule has 4 rings (SSSR count). The number of rotatable bonds is 3. The van der Waals surface area contributed by atoms with Crippen LogP contribution in [0.1, 0.15) is 39.5 Å². The Labute approximate surface area is 166 Å². The number of anilines is 1. The van der Waals surface area contributed by atoms with Crippen LogP contribution in [0.3, 0.4) is 0 Å². The van der Waals surface area contributed by atoms with Crippen LogP contribution in [0.4, 0.5) is 9.80 Å². The highest BCUT2D eigenvalue weighted by Gasteiger charge is 2.34. The number of phenolic OH excluding ortho intramolecular Hbond substituents is 1. The van der Waals surface area contributed by atoms with Gasteiger partial charge in [0.2, 0.25) is 0 Å². The Morgan fingerprint density at radius 3 is 2.96 bits per heavy atom. The van der Waals surface area contributed by atoms with Crippen molar-refractivity contribution in [3.8, 4) is 11.5 Å². The Bertz CT molecular complexity index is 942. The highest BCUT2D eigenvalue weighted by Crippen LogP contribution is 2.41. The molecule has 0 saturated carbocycles. The lowest BCUT2D eigenvalue weighted by molar-refractivity contribution is 0.0934. The minimum absolute atomic E-state index is 0.0414. The van der Waals surface area contributed by atoms with E-state index in [1.807, 2.05) is 0 Å². The van der Waals surface area contributed by atoms with Gasteiger partial charge < -0.3 is 30.1 Å². The largest absolute Gasteiger partial charge is 0.504 e. The molecule has 2 aliphatic heterocycles. The van der Waals surface area contributed by atoms with Crippen molar-refractivity contribution in [3.05, 3.63) is 39.8 Å². The first-order valence-corrected chi connectivity index (χ1v) is 9.84. The number of carbonyl (C=O) groups is 2. The molecule has 3 N–H and O–H groups in total. The summed E-state index contributed by atoms with van der Waals surface area (Å²) in [7, 11) is 1.48. The molecule has 9 heteroatoms. The highest BCUT2D eigenvalue weighted by molar-refractivity contribution is 7.16. The second-order valence-electron chi connectivity index (χ2n) is 6.56. The van der Waals surface area contributed by atoms with Crippen LogP contribution in [0.5, 0.6) is 11.5 Å². The zero-order valence-electron chi connectivity index (χ0n) is 15.6. The molecule has 28 heavy (non-hydrogen) atoms. The van der Waals surface area contributed by atoms with Crippen molar-refractivity contribution in [1.29, 1.82) is 0 Å². The third-order valence-corrected chi connectivity index (χ3v) is 6.05. The SMILES string of the molecule is CCOC(=O)N1CCc2c(sc3c2C(=O)N[C@@H](c2ccc(O)c(OC)c2)N3)C1. The first-order valence-electron chi connectivity index (χ1n) is 9.02. The van der Waals surface area contributed by atoms with Gasteiger partial charge in [0.1, 0.15) is 11.2 Å². The smallest absolute Gasteiger partial charge is 0.410 e. The molecular weight excluding hydrogens is 382 g/mol. The van der Waals surface area contributed by atoms with E-state index in [-0.39, 0.29) is 17.7 Å². The van der Waals surface area contributed by atoms with Crippen LogP contribution in [0.2, 0.25) is 0 Å². The van der Waals surface area contributed by atoms with Crippen molar-refractivity contribution < 1.29 is 24.2 Å². The number of aromatic hydroxyl groups is 1. The van der Waals surface area contributed by atoms with Crippen LogP contribution in [-0.4, -0.2) is 42.3 Å². The maximum absolute atomic E-state index is 12.8. The minimum atomic E-state index is -0.434. The molecule has 0 saturated heterocycles. The van der Waals surface area contributed by atoms with Crippen molar-refractivity contribution in [2.45, 2.75) is 26.1 Å². The number of nitrogens with zero attached hydrogens (tertiary/aromatic N) is 1. The molecule has 0 bridgehead atoms. The first kappa shape index (κ1) is 18.4. The van der Waals surface area contributed by atoms with E-state index in [9.17, 15) is 14.7 Å². The molecule has 0 aliphatic carbocycles. The highest BCUT2D eigenvalue weighted by atomic mass is 32.1. The fraction of sp³-hybridized carbons (Fsp3) is 0.368. The number of phenols is 1. The van der Waals surface area contributed by atoms with Gasteiger partial charge in [-0.1, -0.05) is 6.07 Å². The average Bonchev–Trinajstić information content (AvgIpc) is 3.06. The van der Waals surface area contributed by atoms with Crippen molar-refractivity contribution in [2.24, 2.45) is 0 Å². The van der Waals surface area contributed by atoms with E-state index < -0.39 is 6.17 Å². The maximum atomic E-state index is 12.8. The summed E-state index contributed by atoms with van der Waals surface area (Å²) in [5.74, 6) is 0.238. The van der Waals surface area contributed by atoms with Crippen LogP contribution >= 0.6 is 11.3 Å². The number of hydrogen-bond donors (Lipinski definition) is 3. The average molecular weight is 403 g/mol. The quantitative estimate of drug-likeness (QED) is 0.729. The Balaban J connectivity index is 1.60. The van der Waals surface area contributed by atoms with E-state index in [1.165, 1.54) is 24.5 Å². The minimum Gasteiger partial charge on any atom is -0.504 e. The van der Waals surface area contributed by atoms with Gasteiger partial charge in [0.05, 0.1) is 25.8 Å². The molecule has 1 atom stereocenters. The predicted molar refractivity (Wildman–Crippen MR) is 104 cm³/mol. The van der Waals surface area contributed by atoms with Crippen LogP contribution in [0, 0.1) is 0 Å². The molecule has 8 nitrogen and oxygen atoms in total. The van der Waals surface area contributed by atoms with E-state index >= 15 is 0 Å². The molecule has 3 heterocycles. The first-order chi connectivity index (χ1) is 13.5. The van der Waals surface area contributed by atoms with Gasteiger partial charge in [-0.2, -0.15) is 0 Å². The number of ether oxygens (including phenoxy) is 2. The normalized spacial score (nSPS) is 17.9. The number of carbonyl (C=O) groups excluding carboxylic acids is 2. The molecule has 2 aromatic rings. The summed E-state index contributed by atoms with van der Waals surface area (Å²) in [6, 6.07) is 4.96. The van der Waals surface area contributed by atoms with Crippen molar-refractivity contribution >= 4 is 28.3 Å². The van der Waals surface area contributed by atoms with Crippen LogP contribution in [-0.2, 0) is 17.7 Å². The summed E-state index contributed by atoms with van der Waals surface area (Å²) in [6.45, 7) is 3.09. The molecule has 0 radical (unpaired) electrons. The topological polar surface area (TPSA) is 100 Å². The van der Waals surface area contributed by atoms with E-state index in [0.717, 1.165) is 21.0 Å². The van der Waals surface area contributed by atoms with E-state index in [1.54, 1.807) is 24.0 Å². The summed E-state index contributed by atoms with van der Waals surface area (Å²) < 4.78 is 10.2. The Morgan fingerprint density at radius 2 is 2.21 bits per heavy atom. The van der Waals surface area contributed by atoms with Crippen LogP contribution in [0.25, 0.3) is 0 Å². The zero-order valence-corrected chi connectivity index (χ0v) is 16.4. The van der Waals surface area contributed by atoms with Gasteiger partial charge >= 0.3 is 6.09 Å².